The van der Waals surface area contributed by atoms with Crippen LogP contribution in [0.3, 0.4) is 0 Å². The van der Waals surface area contributed by atoms with E-state index in [4.69, 9.17) is 25.2 Å². The molecule has 234 valence electrons. The summed E-state index contributed by atoms with van der Waals surface area (Å²) < 4.78 is 50.9. The monoisotopic (exact) mass is 668 g/mol. The van der Waals surface area contributed by atoms with Crippen molar-refractivity contribution in [3.63, 3.8) is 0 Å². The molecule has 0 saturated carbocycles. The molecule has 23 heteroatoms. The van der Waals surface area contributed by atoms with Crippen molar-refractivity contribution in [2.24, 2.45) is 0 Å². The number of nitrogen functional groups attached to an aromatic ring is 1. The molecule has 1 aliphatic heterocycles. The Bertz CT molecular complexity index is 1650. The topological polar surface area (TPSA) is 306 Å². The Labute approximate surface area is 240 Å². The number of phosphoric acid groups is 3. The van der Waals surface area contributed by atoms with Crippen molar-refractivity contribution in [3.05, 3.63) is 57.6 Å². The maximum absolute atomic E-state index is 12.4. The molecular formula is C20H23N4O16P3. The van der Waals surface area contributed by atoms with Crippen molar-refractivity contribution < 1.29 is 70.9 Å². The standard InChI is InChI=1S/C20H23N4O16P3/c1-11(25)12-4-6-13(7-5-12)18(27)22-8-2-3-14-10-24(20(28)23-17(14)21)19-15(26)9-16(36-19)37-38-42(32,33)40-43(34,35)39-41(29,30)31/h4-7,10,15-16,19,26H,8-9H2,1H3,(H,22,27)(H,32,33)(H,34,35)(H2,21,23,28)(H2,29,30,31). The number of aliphatic hydroxyl groups excluding tert-OH is 1. The third-order valence-corrected chi connectivity index (χ3v) is 8.69. The zero-order valence-corrected chi connectivity index (χ0v) is 24.3. The lowest BCUT2D eigenvalue weighted by Gasteiger charge is -2.18. The van der Waals surface area contributed by atoms with E-state index < -0.39 is 60.1 Å². The SMILES string of the molecule is CC(=O)c1ccc(C(=O)NCC#Cc2cn(C3OC(OOP(=O)(O)OP(=O)(O)OP(=O)(O)O)CC3O)c(=O)nc2N)cc1. The molecular weight excluding hydrogens is 645 g/mol. The van der Waals surface area contributed by atoms with Gasteiger partial charge in [0.1, 0.15) is 11.9 Å². The first-order valence-electron chi connectivity index (χ1n) is 11.4. The van der Waals surface area contributed by atoms with E-state index in [1.165, 1.54) is 31.2 Å². The number of hydrogen-bond donors (Lipinski definition) is 7. The molecule has 0 aliphatic carbocycles. The van der Waals surface area contributed by atoms with Crippen LogP contribution in [0.2, 0.25) is 0 Å². The van der Waals surface area contributed by atoms with Crippen LogP contribution in [0.25, 0.3) is 0 Å². The predicted octanol–water partition coefficient (Wildman–Crippen LogP) is -0.310. The van der Waals surface area contributed by atoms with Crippen LogP contribution >= 0.6 is 23.5 Å². The zero-order chi connectivity index (χ0) is 32.2. The number of benzene rings is 1. The molecule has 2 heterocycles. The van der Waals surface area contributed by atoms with Crippen molar-refractivity contribution in [1.29, 1.82) is 0 Å². The first kappa shape index (κ1) is 34.4. The lowest BCUT2D eigenvalue weighted by atomic mass is 10.1. The van der Waals surface area contributed by atoms with Gasteiger partial charge in [0, 0.05) is 23.7 Å². The zero-order valence-electron chi connectivity index (χ0n) is 21.6. The normalized spacial score (nSPS) is 21.2. The van der Waals surface area contributed by atoms with Crippen molar-refractivity contribution in [2.45, 2.75) is 32.0 Å². The van der Waals surface area contributed by atoms with E-state index in [1.807, 2.05) is 0 Å². The van der Waals surface area contributed by atoms with Gasteiger partial charge in [-0.05, 0) is 19.1 Å². The van der Waals surface area contributed by atoms with Crippen LogP contribution in [-0.2, 0) is 36.6 Å². The molecule has 2 aromatic rings. The summed E-state index contributed by atoms with van der Waals surface area (Å²) in [6, 6.07) is 5.91. The van der Waals surface area contributed by atoms with Crippen LogP contribution in [0.1, 0.15) is 45.9 Å². The molecule has 0 bridgehead atoms. The maximum atomic E-state index is 12.4. The van der Waals surface area contributed by atoms with E-state index in [2.05, 4.69) is 40.3 Å². The first-order valence-corrected chi connectivity index (χ1v) is 16.0. The molecule has 1 saturated heterocycles. The van der Waals surface area contributed by atoms with Crippen LogP contribution in [0.15, 0.2) is 35.3 Å². The molecule has 1 amide bonds. The van der Waals surface area contributed by atoms with E-state index in [9.17, 15) is 38.1 Å². The number of amides is 1. The number of ketones is 1. The summed E-state index contributed by atoms with van der Waals surface area (Å²) in [4.78, 5) is 79.8. The number of nitrogens with one attached hydrogen (secondary N) is 1. The highest BCUT2D eigenvalue weighted by Crippen LogP contribution is 2.66. The van der Waals surface area contributed by atoms with Crippen LogP contribution < -0.4 is 16.7 Å². The number of nitrogens with zero attached hydrogens (tertiary/aromatic N) is 2. The van der Waals surface area contributed by atoms with Gasteiger partial charge in [0.25, 0.3) is 5.91 Å². The summed E-state index contributed by atoms with van der Waals surface area (Å²) in [5.74, 6) is 4.26. The minimum Gasteiger partial charge on any atom is -0.388 e. The number of ether oxygens (including phenoxy) is 1. The second kappa shape index (κ2) is 13.7. The van der Waals surface area contributed by atoms with Crippen molar-refractivity contribution in [3.8, 4) is 11.8 Å². The molecule has 43 heavy (non-hydrogen) atoms. The van der Waals surface area contributed by atoms with Gasteiger partial charge in [0.15, 0.2) is 18.3 Å². The van der Waals surface area contributed by atoms with Crippen molar-refractivity contribution in [2.75, 3.05) is 12.3 Å². The summed E-state index contributed by atoms with van der Waals surface area (Å²) in [5, 5.41) is 12.9. The number of rotatable bonds is 11. The summed E-state index contributed by atoms with van der Waals surface area (Å²) in [7, 11) is -17.1. The summed E-state index contributed by atoms with van der Waals surface area (Å²) in [6.07, 6.45) is -4.18. The fraction of sp³-hybridized carbons (Fsp3) is 0.300. The predicted molar refractivity (Wildman–Crippen MR) is 139 cm³/mol. The second-order valence-electron chi connectivity index (χ2n) is 8.37. The van der Waals surface area contributed by atoms with Gasteiger partial charge < -0.3 is 40.5 Å². The summed E-state index contributed by atoms with van der Waals surface area (Å²) in [6.45, 7) is 1.23. The Morgan fingerprint density at radius 1 is 1.12 bits per heavy atom. The third-order valence-electron chi connectivity index (χ3n) is 5.08. The number of aromatic nitrogens is 2. The van der Waals surface area contributed by atoms with E-state index in [0.29, 0.717) is 5.56 Å². The van der Waals surface area contributed by atoms with Crippen LogP contribution in [0.4, 0.5) is 5.82 Å². The molecule has 5 atom stereocenters. The Hall–Kier alpha value is -3.11. The molecule has 3 rings (SSSR count). The average molecular weight is 668 g/mol. The number of anilines is 1. The Kier molecular flexibility index (Phi) is 10.9. The quantitative estimate of drug-likeness (QED) is 0.0531. The second-order valence-corrected chi connectivity index (χ2v) is 12.7. The Balaban J connectivity index is 1.63. The van der Waals surface area contributed by atoms with Gasteiger partial charge >= 0.3 is 29.2 Å². The van der Waals surface area contributed by atoms with Crippen molar-refractivity contribution in [1.82, 2.24) is 14.9 Å². The molecule has 1 aromatic heterocycles. The van der Waals surface area contributed by atoms with Crippen molar-refractivity contribution >= 4 is 41.0 Å². The highest BCUT2D eigenvalue weighted by atomic mass is 31.3. The Morgan fingerprint density at radius 3 is 2.35 bits per heavy atom. The van der Waals surface area contributed by atoms with Crippen LogP contribution in [0, 0.1) is 11.8 Å². The molecule has 20 nitrogen and oxygen atoms in total. The van der Waals surface area contributed by atoms with E-state index >= 15 is 0 Å². The van der Waals surface area contributed by atoms with E-state index in [0.717, 1.165) is 10.8 Å². The van der Waals surface area contributed by atoms with Gasteiger partial charge in [-0.3, -0.25) is 14.2 Å². The minimum absolute atomic E-state index is 0.0203. The lowest BCUT2D eigenvalue weighted by Crippen LogP contribution is -2.32. The molecule has 8 N–H and O–H groups in total. The third kappa shape index (κ3) is 10.2. The van der Waals surface area contributed by atoms with E-state index in [-0.39, 0.29) is 29.3 Å². The molecule has 0 radical (unpaired) electrons. The van der Waals surface area contributed by atoms with Crippen LogP contribution in [0.5, 0.6) is 0 Å². The largest absolute Gasteiger partial charge is 0.508 e. The number of carbonyl (C=O) groups is 2. The number of carbonyl (C=O) groups excluding carboxylic acids is 2. The van der Waals surface area contributed by atoms with Gasteiger partial charge in [-0.25, -0.2) is 18.5 Å². The highest BCUT2D eigenvalue weighted by molar-refractivity contribution is 7.66. The number of nitrogens with two attached hydrogens (primary N) is 1. The minimum atomic E-state index is -5.81. The van der Waals surface area contributed by atoms with E-state index in [1.54, 1.807) is 0 Å². The summed E-state index contributed by atoms with van der Waals surface area (Å²) in [5.41, 5.74) is 5.42. The van der Waals surface area contributed by atoms with Gasteiger partial charge in [0.2, 0.25) is 0 Å². The average Bonchev–Trinajstić information content (AvgIpc) is 3.24. The summed E-state index contributed by atoms with van der Waals surface area (Å²) >= 11 is 0. The lowest BCUT2D eigenvalue weighted by molar-refractivity contribution is -0.326. The molecule has 1 fully saturated rings. The number of aliphatic hydroxyl groups is 1. The van der Waals surface area contributed by atoms with Gasteiger partial charge in [-0.1, -0.05) is 24.0 Å². The molecule has 1 aromatic carbocycles. The highest BCUT2D eigenvalue weighted by Gasteiger charge is 2.43. The molecule has 0 spiro atoms. The van der Waals surface area contributed by atoms with Gasteiger partial charge in [0.05, 0.1) is 12.1 Å². The fourth-order valence-electron chi connectivity index (χ4n) is 3.31. The van der Waals surface area contributed by atoms with Crippen LogP contribution in [-0.4, -0.2) is 64.9 Å². The fourth-order valence-corrected chi connectivity index (χ4v) is 6.13. The molecule has 5 unspecified atom stereocenters. The van der Waals surface area contributed by atoms with Gasteiger partial charge in [-0.2, -0.15) is 18.5 Å². The molecule has 1 aliphatic rings. The maximum Gasteiger partial charge on any atom is 0.508 e. The first-order chi connectivity index (χ1) is 19.9. The number of hydrogen-bond acceptors (Lipinski definition) is 14. The Morgan fingerprint density at radius 2 is 1.74 bits per heavy atom. The van der Waals surface area contributed by atoms with Gasteiger partial charge in [-0.15, -0.1) is 4.67 Å². The number of Topliss-reactive ketones (excluding diaryl/α,β-unsaturated/α-hetero) is 1. The smallest absolute Gasteiger partial charge is 0.388 e.